The molecule has 1 unspecified atom stereocenters. The monoisotopic (exact) mass is 489 g/mol. The average Bonchev–Trinajstić information content (AvgIpc) is 3.13. The first-order valence-electron chi connectivity index (χ1n) is 11.1. The van der Waals surface area contributed by atoms with Crippen molar-refractivity contribution in [3.8, 4) is 11.5 Å². The molecule has 2 heterocycles. The van der Waals surface area contributed by atoms with Crippen molar-refractivity contribution in [3.05, 3.63) is 76.3 Å². The second-order valence-corrected chi connectivity index (χ2v) is 9.42. The molecule has 0 bridgehead atoms. The number of aliphatic hydroxyl groups is 1. The fourth-order valence-electron chi connectivity index (χ4n) is 3.95. The van der Waals surface area contributed by atoms with Gasteiger partial charge in [-0.3, -0.25) is 4.90 Å². The molecule has 3 aromatic rings. The number of ether oxygens (including phenoxy) is 2. The first-order chi connectivity index (χ1) is 15.9. The van der Waals surface area contributed by atoms with E-state index in [2.05, 4.69) is 22.0 Å². The van der Waals surface area contributed by atoms with Gasteiger partial charge in [0.25, 0.3) is 0 Å². The molecule has 1 atom stereocenters. The zero-order chi connectivity index (χ0) is 23.3. The van der Waals surface area contributed by atoms with Crippen LogP contribution in [0.15, 0.2) is 54.9 Å². The van der Waals surface area contributed by atoms with Gasteiger partial charge in [0.1, 0.15) is 30.5 Å². The van der Waals surface area contributed by atoms with Crippen molar-refractivity contribution in [3.63, 3.8) is 0 Å². The molecule has 8 heteroatoms. The van der Waals surface area contributed by atoms with Gasteiger partial charge >= 0.3 is 0 Å². The minimum absolute atomic E-state index is 0.237. The van der Waals surface area contributed by atoms with Gasteiger partial charge < -0.3 is 19.1 Å². The van der Waals surface area contributed by atoms with E-state index in [1.807, 2.05) is 29.9 Å². The highest BCUT2D eigenvalue weighted by Gasteiger charge is 2.31. The molecule has 1 aliphatic rings. The van der Waals surface area contributed by atoms with Crippen LogP contribution in [0.5, 0.6) is 11.5 Å². The Hall–Kier alpha value is -2.25. The molecular weight excluding hydrogens is 461 g/mol. The third-order valence-corrected chi connectivity index (χ3v) is 6.77. The lowest BCUT2D eigenvalue weighted by Crippen LogP contribution is -2.37. The molecular formula is C25H29Cl2N3O3. The van der Waals surface area contributed by atoms with E-state index in [-0.39, 0.29) is 6.61 Å². The lowest BCUT2D eigenvalue weighted by Gasteiger charge is -2.27. The van der Waals surface area contributed by atoms with Gasteiger partial charge in [-0.15, -0.1) is 0 Å². The molecule has 33 heavy (non-hydrogen) atoms. The number of hydrogen-bond donors (Lipinski definition) is 1. The van der Waals surface area contributed by atoms with Crippen molar-refractivity contribution in [2.24, 2.45) is 7.05 Å². The molecule has 0 radical (unpaired) electrons. The summed E-state index contributed by atoms with van der Waals surface area (Å²) in [6.45, 7) is 3.26. The molecule has 0 aliphatic carbocycles. The van der Waals surface area contributed by atoms with E-state index >= 15 is 0 Å². The summed E-state index contributed by atoms with van der Waals surface area (Å²) in [6.07, 6.45) is 5.93. The standard InChI is InChI=1S/C25H29Cl2N3O3/c1-29-14-11-28-24(29)17-32-20-5-3-19(4-6-20)16-30-12-2-9-25(31,10-13-30)18-33-21-7-8-22(26)23(27)15-21/h3-8,11,14-15,31H,2,9-10,12-13,16-18H2,1H3. The molecule has 0 amide bonds. The number of aryl methyl sites for hydroxylation is 1. The maximum atomic E-state index is 11.1. The Morgan fingerprint density at radius 1 is 1.00 bits per heavy atom. The number of hydrogen-bond acceptors (Lipinski definition) is 5. The van der Waals surface area contributed by atoms with Gasteiger partial charge in [-0.2, -0.15) is 0 Å². The lowest BCUT2D eigenvalue weighted by molar-refractivity contribution is -0.0168. The van der Waals surface area contributed by atoms with Crippen molar-refractivity contribution in [1.29, 1.82) is 0 Å². The normalized spacial score (nSPS) is 19.3. The Balaban J connectivity index is 1.26. The Morgan fingerprint density at radius 3 is 2.52 bits per heavy atom. The third kappa shape index (κ3) is 6.64. The summed E-state index contributed by atoms with van der Waals surface area (Å²) in [7, 11) is 1.95. The highest BCUT2D eigenvalue weighted by Crippen LogP contribution is 2.29. The topological polar surface area (TPSA) is 59.8 Å². The van der Waals surface area contributed by atoms with E-state index in [9.17, 15) is 5.11 Å². The maximum absolute atomic E-state index is 11.1. The van der Waals surface area contributed by atoms with Gasteiger partial charge in [0.2, 0.25) is 0 Å². The molecule has 176 valence electrons. The number of imidazole rings is 1. The van der Waals surface area contributed by atoms with Crippen LogP contribution in [-0.2, 0) is 20.2 Å². The molecule has 4 rings (SSSR count). The van der Waals surface area contributed by atoms with Gasteiger partial charge in [0, 0.05) is 38.6 Å². The number of halogens is 2. The minimum atomic E-state index is -0.858. The summed E-state index contributed by atoms with van der Waals surface area (Å²) >= 11 is 12.0. The molecule has 1 saturated heterocycles. The average molecular weight is 490 g/mol. The molecule has 6 nitrogen and oxygen atoms in total. The number of nitrogens with zero attached hydrogens (tertiary/aromatic N) is 3. The van der Waals surface area contributed by atoms with Crippen LogP contribution in [0.1, 0.15) is 30.7 Å². The van der Waals surface area contributed by atoms with Crippen LogP contribution in [0, 0.1) is 0 Å². The smallest absolute Gasteiger partial charge is 0.146 e. The van der Waals surface area contributed by atoms with Gasteiger partial charge in [-0.1, -0.05) is 35.3 Å². The Morgan fingerprint density at radius 2 is 1.79 bits per heavy atom. The van der Waals surface area contributed by atoms with E-state index in [1.165, 1.54) is 5.56 Å². The molecule has 0 saturated carbocycles. The van der Waals surface area contributed by atoms with Crippen molar-refractivity contribution < 1.29 is 14.6 Å². The van der Waals surface area contributed by atoms with E-state index in [4.69, 9.17) is 32.7 Å². The summed E-state index contributed by atoms with van der Waals surface area (Å²) < 4.78 is 13.6. The highest BCUT2D eigenvalue weighted by molar-refractivity contribution is 6.42. The van der Waals surface area contributed by atoms with Crippen LogP contribution in [0.4, 0.5) is 0 Å². The van der Waals surface area contributed by atoms with Crippen LogP contribution in [0.2, 0.25) is 10.0 Å². The van der Waals surface area contributed by atoms with Crippen molar-refractivity contribution in [2.75, 3.05) is 19.7 Å². The molecule has 2 aromatic carbocycles. The number of likely N-dealkylation sites (tertiary alicyclic amines) is 1. The highest BCUT2D eigenvalue weighted by atomic mass is 35.5. The SMILES string of the molecule is Cn1ccnc1COc1ccc(CN2CCCC(O)(COc3ccc(Cl)c(Cl)c3)CC2)cc1. The summed E-state index contributed by atoms with van der Waals surface area (Å²) in [4.78, 5) is 6.65. The van der Waals surface area contributed by atoms with E-state index in [0.29, 0.717) is 35.2 Å². The fourth-order valence-corrected chi connectivity index (χ4v) is 4.24. The van der Waals surface area contributed by atoms with E-state index < -0.39 is 5.60 Å². The number of benzene rings is 2. The molecule has 1 aromatic heterocycles. The van der Waals surface area contributed by atoms with Gasteiger partial charge in [0.05, 0.1) is 15.6 Å². The van der Waals surface area contributed by atoms with Gasteiger partial charge in [-0.25, -0.2) is 4.98 Å². The van der Waals surface area contributed by atoms with Crippen molar-refractivity contribution in [1.82, 2.24) is 14.5 Å². The number of aromatic nitrogens is 2. The summed E-state index contributed by atoms with van der Waals surface area (Å²) in [6, 6.07) is 13.3. The quantitative estimate of drug-likeness (QED) is 0.476. The summed E-state index contributed by atoms with van der Waals surface area (Å²) in [5, 5.41) is 12.0. The first kappa shape index (κ1) is 23.9. The minimum Gasteiger partial charge on any atom is -0.491 e. The molecule has 1 aliphatic heterocycles. The first-order valence-corrected chi connectivity index (χ1v) is 11.9. The van der Waals surface area contributed by atoms with Crippen molar-refractivity contribution in [2.45, 2.75) is 38.0 Å². The van der Waals surface area contributed by atoms with Crippen LogP contribution in [-0.4, -0.2) is 44.9 Å². The largest absolute Gasteiger partial charge is 0.491 e. The number of rotatable bonds is 8. The van der Waals surface area contributed by atoms with Crippen molar-refractivity contribution >= 4 is 23.2 Å². The Kier molecular flexibility index (Phi) is 7.81. The van der Waals surface area contributed by atoms with Gasteiger partial charge in [0.15, 0.2) is 0 Å². The predicted molar refractivity (Wildman–Crippen MR) is 130 cm³/mol. The predicted octanol–water partition coefficient (Wildman–Crippen LogP) is 5.10. The zero-order valence-corrected chi connectivity index (χ0v) is 20.2. The van der Waals surface area contributed by atoms with Crippen LogP contribution in [0.3, 0.4) is 0 Å². The second-order valence-electron chi connectivity index (χ2n) is 8.61. The van der Waals surface area contributed by atoms with Gasteiger partial charge in [-0.05, 0) is 55.6 Å². The summed E-state index contributed by atoms with van der Waals surface area (Å²) in [5.41, 5.74) is 0.362. The fraction of sp³-hybridized carbons (Fsp3) is 0.400. The van der Waals surface area contributed by atoms with E-state index in [0.717, 1.165) is 37.6 Å². The Labute approximate surface area is 204 Å². The lowest BCUT2D eigenvalue weighted by atomic mass is 9.96. The second kappa shape index (κ2) is 10.8. The summed E-state index contributed by atoms with van der Waals surface area (Å²) in [5.74, 6) is 2.33. The maximum Gasteiger partial charge on any atom is 0.146 e. The van der Waals surface area contributed by atoms with Crippen LogP contribution >= 0.6 is 23.2 Å². The zero-order valence-electron chi connectivity index (χ0n) is 18.7. The van der Waals surface area contributed by atoms with E-state index in [1.54, 1.807) is 24.4 Å². The molecule has 1 fully saturated rings. The molecule has 0 spiro atoms. The van der Waals surface area contributed by atoms with Crippen LogP contribution in [0.25, 0.3) is 0 Å². The Bertz CT molecular complexity index is 1060. The van der Waals surface area contributed by atoms with Crippen LogP contribution < -0.4 is 9.47 Å². The third-order valence-electron chi connectivity index (χ3n) is 6.03. The molecule has 1 N–H and O–H groups in total.